The number of likely N-dealkylation sites (N-methyl/N-ethyl adjacent to an activating group) is 1. The number of quaternary nitrogens is 1. The first kappa shape index (κ1) is 15.6. The predicted octanol–water partition coefficient (Wildman–Crippen LogP) is 0.0887. The van der Waals surface area contributed by atoms with Gasteiger partial charge in [-0.05, 0) is 0 Å². The number of phosphoric acid groups is 1. The Labute approximate surface area is 96.3 Å². The van der Waals surface area contributed by atoms with E-state index in [0.717, 1.165) is 0 Å². The molecule has 0 aliphatic rings. The van der Waals surface area contributed by atoms with Gasteiger partial charge in [0.15, 0.2) is 0 Å². The van der Waals surface area contributed by atoms with Crippen LogP contribution >= 0.6 is 7.82 Å². The van der Waals surface area contributed by atoms with E-state index in [1.54, 1.807) is 0 Å². The number of rotatable bonds is 8. The molecule has 0 fully saturated rings. The molecule has 0 rings (SSSR count). The molecule has 0 aromatic rings. The van der Waals surface area contributed by atoms with E-state index in [1.165, 1.54) is 6.26 Å². The molecule has 96 valence electrons. The zero-order valence-corrected chi connectivity index (χ0v) is 10.9. The third-order valence-electron chi connectivity index (χ3n) is 2.21. The molecule has 0 amide bonds. The maximum absolute atomic E-state index is 10.5. The van der Waals surface area contributed by atoms with Crippen LogP contribution in [0, 0.1) is 0 Å². The van der Waals surface area contributed by atoms with E-state index < -0.39 is 7.82 Å². The Hall–Kier alpha value is -0.390. The zero-order valence-electron chi connectivity index (χ0n) is 9.96. The molecule has 0 saturated carbocycles. The average molecular weight is 253 g/mol. The highest BCUT2D eigenvalue weighted by molar-refractivity contribution is 7.44. The first-order valence-corrected chi connectivity index (χ1v) is 6.38. The van der Waals surface area contributed by atoms with Crippen LogP contribution in [0.2, 0.25) is 0 Å². The fourth-order valence-electron chi connectivity index (χ4n) is 1.16. The quantitative estimate of drug-likeness (QED) is 0.287. The Morgan fingerprint density at radius 2 is 2.12 bits per heavy atom. The summed E-state index contributed by atoms with van der Waals surface area (Å²) in [6.45, 7) is 3.78. The molecule has 2 unspecified atom stereocenters. The highest BCUT2D eigenvalue weighted by atomic mass is 31.2. The SMILES string of the molecule is C=COCCC(COP(=O)([O-])O)[N+](C)(C)C. The number of phosphoric ester groups is 1. The van der Waals surface area contributed by atoms with E-state index in [0.29, 0.717) is 17.5 Å². The van der Waals surface area contributed by atoms with Gasteiger partial charge in [0.2, 0.25) is 0 Å². The molecular formula is C9H20NO5P. The standard InChI is InChI=1S/C9H20NO5P/c1-5-14-7-6-9(10(2,3)4)8-15-16(11,12)13/h5,9H,1,6-8H2,2-4H3,(H-,11,12,13). The van der Waals surface area contributed by atoms with Crippen molar-refractivity contribution in [1.29, 1.82) is 0 Å². The lowest BCUT2D eigenvalue weighted by Crippen LogP contribution is -2.48. The Balaban J connectivity index is 4.22. The van der Waals surface area contributed by atoms with Crippen LogP contribution in [0.3, 0.4) is 0 Å². The van der Waals surface area contributed by atoms with Gasteiger partial charge in [0, 0.05) is 6.42 Å². The van der Waals surface area contributed by atoms with E-state index in [9.17, 15) is 9.46 Å². The van der Waals surface area contributed by atoms with Crippen LogP contribution in [0.1, 0.15) is 6.42 Å². The van der Waals surface area contributed by atoms with E-state index in [1.807, 2.05) is 21.1 Å². The Morgan fingerprint density at radius 3 is 2.50 bits per heavy atom. The summed E-state index contributed by atoms with van der Waals surface area (Å²) in [4.78, 5) is 19.0. The van der Waals surface area contributed by atoms with E-state index in [2.05, 4.69) is 11.1 Å². The topological polar surface area (TPSA) is 78.8 Å². The fraction of sp³-hybridized carbons (Fsp3) is 0.778. The van der Waals surface area contributed by atoms with Crippen molar-refractivity contribution in [3.8, 4) is 0 Å². The smallest absolute Gasteiger partial charge is 0.265 e. The van der Waals surface area contributed by atoms with Crippen molar-refractivity contribution in [2.45, 2.75) is 12.5 Å². The summed E-state index contributed by atoms with van der Waals surface area (Å²) in [6.07, 6.45) is 1.94. The molecule has 0 aliphatic carbocycles. The molecule has 1 N–H and O–H groups in total. The van der Waals surface area contributed by atoms with Crippen molar-refractivity contribution in [3.05, 3.63) is 12.8 Å². The summed E-state index contributed by atoms with van der Waals surface area (Å²) in [7, 11) is 1.09. The monoisotopic (exact) mass is 253 g/mol. The first-order valence-electron chi connectivity index (χ1n) is 4.89. The molecule has 0 spiro atoms. The van der Waals surface area contributed by atoms with Crippen LogP contribution < -0.4 is 4.89 Å². The number of hydrogen-bond donors (Lipinski definition) is 1. The van der Waals surface area contributed by atoms with Crippen molar-refractivity contribution >= 4 is 7.82 Å². The zero-order chi connectivity index (χ0) is 12.8. The van der Waals surface area contributed by atoms with E-state index in [4.69, 9.17) is 9.63 Å². The van der Waals surface area contributed by atoms with Crippen molar-refractivity contribution < 1.29 is 28.1 Å². The molecule has 0 heterocycles. The van der Waals surface area contributed by atoms with Crippen LogP contribution in [0.15, 0.2) is 12.8 Å². The highest BCUT2D eigenvalue weighted by Crippen LogP contribution is 2.31. The molecule has 6 nitrogen and oxygen atoms in total. The highest BCUT2D eigenvalue weighted by Gasteiger charge is 2.25. The molecule has 2 atom stereocenters. The molecule has 16 heavy (non-hydrogen) atoms. The third-order valence-corrected chi connectivity index (χ3v) is 2.69. The second-order valence-corrected chi connectivity index (χ2v) is 5.56. The van der Waals surface area contributed by atoms with Crippen LogP contribution in [0.5, 0.6) is 0 Å². The summed E-state index contributed by atoms with van der Waals surface area (Å²) in [5.74, 6) is 0. The summed E-state index contributed by atoms with van der Waals surface area (Å²) in [5, 5.41) is 0. The van der Waals surface area contributed by atoms with Gasteiger partial charge in [-0.2, -0.15) is 0 Å². The van der Waals surface area contributed by atoms with Crippen molar-refractivity contribution in [3.63, 3.8) is 0 Å². The van der Waals surface area contributed by atoms with Gasteiger partial charge in [-0.15, -0.1) is 0 Å². The summed E-state index contributed by atoms with van der Waals surface area (Å²) >= 11 is 0. The molecule has 0 aliphatic heterocycles. The van der Waals surface area contributed by atoms with Gasteiger partial charge in [0.25, 0.3) is 7.82 Å². The summed E-state index contributed by atoms with van der Waals surface area (Å²) < 4.78 is 20.4. The number of hydrogen-bond acceptors (Lipinski definition) is 4. The minimum atomic E-state index is -4.65. The lowest BCUT2D eigenvalue weighted by Gasteiger charge is -2.34. The predicted molar refractivity (Wildman–Crippen MR) is 58.4 cm³/mol. The van der Waals surface area contributed by atoms with E-state index >= 15 is 0 Å². The molecule has 7 heteroatoms. The van der Waals surface area contributed by atoms with Crippen molar-refractivity contribution in [2.24, 2.45) is 0 Å². The van der Waals surface area contributed by atoms with Gasteiger partial charge in [0.1, 0.15) is 12.6 Å². The summed E-state index contributed by atoms with van der Waals surface area (Å²) in [5.41, 5.74) is 0. The fourth-order valence-corrected chi connectivity index (χ4v) is 1.52. The molecule has 0 aromatic carbocycles. The van der Waals surface area contributed by atoms with Gasteiger partial charge in [0.05, 0.1) is 34.0 Å². The maximum atomic E-state index is 10.5. The van der Waals surface area contributed by atoms with Gasteiger partial charge in [-0.25, -0.2) is 0 Å². The van der Waals surface area contributed by atoms with Crippen LogP contribution in [-0.2, 0) is 13.8 Å². The largest absolute Gasteiger partial charge is 0.756 e. The Bertz CT molecular complexity index is 257. The van der Waals surface area contributed by atoms with Crippen molar-refractivity contribution in [2.75, 3.05) is 34.4 Å². The molecule has 0 aromatic heterocycles. The lowest BCUT2D eigenvalue weighted by molar-refractivity contribution is -0.896. The molecule has 0 bridgehead atoms. The average Bonchev–Trinajstić information content (AvgIpc) is 2.07. The van der Waals surface area contributed by atoms with Gasteiger partial charge in [-0.1, -0.05) is 6.58 Å². The maximum Gasteiger partial charge on any atom is 0.265 e. The number of nitrogens with zero attached hydrogens (tertiary/aromatic N) is 1. The van der Waals surface area contributed by atoms with E-state index in [-0.39, 0.29) is 12.6 Å². The number of ether oxygens (including phenoxy) is 1. The summed E-state index contributed by atoms with van der Waals surface area (Å²) in [6, 6.07) is -0.0885. The third kappa shape index (κ3) is 7.84. The Kier molecular flexibility index (Phi) is 6.22. The second kappa shape index (κ2) is 6.37. The van der Waals surface area contributed by atoms with Gasteiger partial charge in [-0.3, -0.25) is 4.57 Å². The van der Waals surface area contributed by atoms with Crippen LogP contribution in [0.25, 0.3) is 0 Å². The minimum Gasteiger partial charge on any atom is -0.756 e. The van der Waals surface area contributed by atoms with Gasteiger partial charge < -0.3 is 23.5 Å². The molecular weight excluding hydrogens is 233 g/mol. The van der Waals surface area contributed by atoms with Crippen LogP contribution in [0.4, 0.5) is 0 Å². The second-order valence-electron chi connectivity index (χ2n) is 4.36. The Morgan fingerprint density at radius 1 is 1.56 bits per heavy atom. The van der Waals surface area contributed by atoms with Gasteiger partial charge >= 0.3 is 0 Å². The molecule has 0 radical (unpaired) electrons. The van der Waals surface area contributed by atoms with Crippen molar-refractivity contribution in [1.82, 2.24) is 0 Å². The first-order chi connectivity index (χ1) is 7.17. The molecule has 0 saturated heterocycles. The lowest BCUT2D eigenvalue weighted by atomic mass is 10.2. The minimum absolute atomic E-state index is 0.0682. The van der Waals surface area contributed by atoms with Crippen LogP contribution in [-0.4, -0.2) is 49.8 Å². The normalized spacial score (nSPS) is 17.6.